The molecule has 4 rings (SSSR count). The molecule has 2 fully saturated rings. The van der Waals surface area contributed by atoms with Gasteiger partial charge in [-0.15, -0.1) is 21.5 Å². The lowest BCUT2D eigenvalue weighted by molar-refractivity contribution is -0.143. The fourth-order valence-electron chi connectivity index (χ4n) is 3.84. The molecule has 2 amide bonds. The molecule has 13 heteroatoms. The SMILES string of the molecule is C[C@H](C(=O)N1CCCCC1)N1CC[C@H](NS(=O)(=O)c2ccc(-c3nnc(Cl)s3)s2)C1=O. The fourth-order valence-corrected chi connectivity index (χ4v) is 7.26. The van der Waals surface area contributed by atoms with E-state index in [9.17, 15) is 18.0 Å². The predicted octanol–water partition coefficient (Wildman–Crippen LogP) is 2.20. The molecule has 4 heterocycles. The molecule has 0 aromatic carbocycles. The van der Waals surface area contributed by atoms with E-state index in [2.05, 4.69) is 14.9 Å². The number of rotatable bonds is 6. The minimum absolute atomic E-state index is 0.0739. The summed E-state index contributed by atoms with van der Waals surface area (Å²) < 4.78 is 28.5. The standard InChI is InChI=1S/C18H22ClN5O4S3/c1-11(16(25)23-8-3-2-4-9-23)24-10-7-12(17(24)26)22-31(27,28)14-6-5-13(29-14)15-20-21-18(19)30-15/h5-6,11-12,22H,2-4,7-10H2,1H3/t11-,12+/m1/s1. The Hall–Kier alpha value is -1.60. The van der Waals surface area contributed by atoms with E-state index in [0.717, 1.165) is 41.9 Å². The van der Waals surface area contributed by atoms with E-state index in [-0.39, 0.29) is 20.5 Å². The second-order valence-corrected chi connectivity index (χ2v) is 12.1. The van der Waals surface area contributed by atoms with Crippen molar-refractivity contribution in [2.45, 2.75) is 48.9 Å². The number of carbonyl (C=O) groups excluding carboxylic acids is 2. The molecule has 2 atom stereocenters. The monoisotopic (exact) mass is 503 g/mol. The van der Waals surface area contributed by atoms with E-state index in [1.54, 1.807) is 17.9 Å². The van der Waals surface area contributed by atoms with E-state index in [1.165, 1.54) is 11.0 Å². The van der Waals surface area contributed by atoms with Crippen molar-refractivity contribution in [3.05, 3.63) is 16.6 Å². The summed E-state index contributed by atoms with van der Waals surface area (Å²) in [6, 6.07) is 1.62. The Labute approximate surface area is 193 Å². The molecular weight excluding hydrogens is 482 g/mol. The molecule has 2 saturated heterocycles. The van der Waals surface area contributed by atoms with Crippen LogP contribution in [0.3, 0.4) is 0 Å². The van der Waals surface area contributed by atoms with Crippen molar-refractivity contribution in [3.63, 3.8) is 0 Å². The maximum atomic E-state index is 12.9. The fraction of sp³-hybridized carbons (Fsp3) is 0.556. The predicted molar refractivity (Wildman–Crippen MR) is 119 cm³/mol. The summed E-state index contributed by atoms with van der Waals surface area (Å²) in [5.74, 6) is -0.440. The van der Waals surface area contributed by atoms with Crippen LogP contribution in [0.2, 0.25) is 4.47 Å². The number of likely N-dealkylation sites (tertiary alicyclic amines) is 2. The van der Waals surface area contributed by atoms with Crippen molar-refractivity contribution in [1.82, 2.24) is 24.7 Å². The maximum absolute atomic E-state index is 12.9. The first-order chi connectivity index (χ1) is 14.8. The summed E-state index contributed by atoms with van der Waals surface area (Å²) >= 11 is 7.99. The van der Waals surface area contributed by atoms with Crippen LogP contribution in [0.15, 0.2) is 16.3 Å². The van der Waals surface area contributed by atoms with Gasteiger partial charge in [-0.1, -0.05) is 11.3 Å². The van der Waals surface area contributed by atoms with E-state index in [0.29, 0.717) is 35.9 Å². The second-order valence-electron chi connectivity index (χ2n) is 7.53. The third kappa shape index (κ3) is 4.77. The van der Waals surface area contributed by atoms with Gasteiger partial charge in [0.15, 0.2) is 5.01 Å². The number of sulfonamides is 1. The maximum Gasteiger partial charge on any atom is 0.250 e. The lowest BCUT2D eigenvalue weighted by Gasteiger charge is -2.32. The normalized spacial score (nSPS) is 21.0. The average Bonchev–Trinajstić information content (AvgIpc) is 3.49. The van der Waals surface area contributed by atoms with E-state index < -0.39 is 22.1 Å². The Morgan fingerprint density at radius 2 is 1.94 bits per heavy atom. The lowest BCUT2D eigenvalue weighted by atomic mass is 10.1. The minimum atomic E-state index is -3.90. The Balaban J connectivity index is 1.42. The number of nitrogens with one attached hydrogen (secondary N) is 1. The van der Waals surface area contributed by atoms with Gasteiger partial charge < -0.3 is 9.80 Å². The third-order valence-corrected chi connectivity index (χ3v) is 9.72. The molecule has 0 spiro atoms. The largest absolute Gasteiger partial charge is 0.341 e. The topological polar surface area (TPSA) is 113 Å². The molecule has 0 radical (unpaired) electrons. The summed E-state index contributed by atoms with van der Waals surface area (Å²) in [4.78, 5) is 29.5. The Morgan fingerprint density at radius 3 is 2.61 bits per heavy atom. The van der Waals surface area contributed by atoms with Crippen molar-refractivity contribution < 1.29 is 18.0 Å². The number of hydrogen-bond donors (Lipinski definition) is 1. The molecule has 0 saturated carbocycles. The molecule has 2 aliphatic heterocycles. The molecular formula is C18H22ClN5O4S3. The number of amides is 2. The van der Waals surface area contributed by atoms with Gasteiger partial charge in [-0.3, -0.25) is 9.59 Å². The van der Waals surface area contributed by atoms with Gasteiger partial charge in [0, 0.05) is 19.6 Å². The van der Waals surface area contributed by atoms with Crippen LogP contribution in [0.4, 0.5) is 0 Å². The first-order valence-electron chi connectivity index (χ1n) is 9.97. The summed E-state index contributed by atoms with van der Waals surface area (Å²) in [6.07, 6.45) is 3.38. The highest BCUT2D eigenvalue weighted by Gasteiger charge is 2.40. The lowest BCUT2D eigenvalue weighted by Crippen LogP contribution is -2.51. The molecule has 1 N–H and O–H groups in total. The molecule has 2 aromatic heterocycles. The molecule has 2 aliphatic rings. The van der Waals surface area contributed by atoms with Crippen LogP contribution in [0.1, 0.15) is 32.6 Å². The van der Waals surface area contributed by atoms with Gasteiger partial charge in [0.05, 0.1) is 4.88 Å². The number of aromatic nitrogens is 2. The summed E-state index contributed by atoms with van der Waals surface area (Å²) in [5.41, 5.74) is 0. The van der Waals surface area contributed by atoms with Crippen LogP contribution in [-0.4, -0.2) is 71.9 Å². The van der Waals surface area contributed by atoms with Crippen LogP contribution >= 0.6 is 34.3 Å². The number of hydrogen-bond acceptors (Lipinski definition) is 8. The number of halogens is 1. The average molecular weight is 504 g/mol. The number of carbonyl (C=O) groups is 2. The van der Waals surface area contributed by atoms with Crippen molar-refractivity contribution >= 4 is 56.1 Å². The highest BCUT2D eigenvalue weighted by atomic mass is 35.5. The number of thiophene rings is 1. The Kier molecular flexibility index (Phi) is 6.63. The van der Waals surface area contributed by atoms with Crippen LogP contribution in [0.5, 0.6) is 0 Å². The van der Waals surface area contributed by atoms with Gasteiger partial charge in [0.25, 0.3) is 10.0 Å². The molecule has 9 nitrogen and oxygen atoms in total. The van der Waals surface area contributed by atoms with Crippen LogP contribution in [0.25, 0.3) is 9.88 Å². The van der Waals surface area contributed by atoms with Gasteiger partial charge in [0.1, 0.15) is 16.3 Å². The smallest absolute Gasteiger partial charge is 0.250 e. The number of nitrogens with zero attached hydrogens (tertiary/aromatic N) is 4. The first-order valence-corrected chi connectivity index (χ1v) is 13.5. The van der Waals surface area contributed by atoms with Gasteiger partial charge in [-0.25, -0.2) is 8.42 Å². The van der Waals surface area contributed by atoms with Crippen LogP contribution < -0.4 is 4.72 Å². The van der Waals surface area contributed by atoms with Crippen molar-refractivity contribution in [1.29, 1.82) is 0 Å². The van der Waals surface area contributed by atoms with Gasteiger partial charge in [0.2, 0.25) is 16.3 Å². The zero-order valence-electron chi connectivity index (χ0n) is 16.8. The summed E-state index contributed by atoms with van der Waals surface area (Å²) in [5, 5.41) is 8.17. The highest BCUT2D eigenvalue weighted by Crippen LogP contribution is 2.34. The summed E-state index contributed by atoms with van der Waals surface area (Å²) in [6.45, 7) is 3.47. The third-order valence-electron chi connectivity index (χ3n) is 5.49. The van der Waals surface area contributed by atoms with Gasteiger partial charge in [-0.2, -0.15) is 4.72 Å². The highest BCUT2D eigenvalue weighted by molar-refractivity contribution is 7.91. The molecule has 0 unspecified atom stereocenters. The van der Waals surface area contributed by atoms with Gasteiger partial charge >= 0.3 is 0 Å². The van der Waals surface area contributed by atoms with Crippen LogP contribution in [0, 0.1) is 0 Å². The van der Waals surface area contributed by atoms with E-state index in [4.69, 9.17) is 11.6 Å². The summed E-state index contributed by atoms with van der Waals surface area (Å²) in [7, 11) is -3.90. The zero-order chi connectivity index (χ0) is 22.2. The minimum Gasteiger partial charge on any atom is -0.341 e. The molecule has 168 valence electrons. The van der Waals surface area contributed by atoms with Crippen molar-refractivity contribution in [2.24, 2.45) is 0 Å². The van der Waals surface area contributed by atoms with Crippen LogP contribution in [-0.2, 0) is 19.6 Å². The van der Waals surface area contributed by atoms with Crippen molar-refractivity contribution in [2.75, 3.05) is 19.6 Å². The van der Waals surface area contributed by atoms with E-state index in [1.807, 2.05) is 0 Å². The second kappa shape index (κ2) is 9.10. The van der Waals surface area contributed by atoms with Gasteiger partial charge in [-0.05, 0) is 56.3 Å². The van der Waals surface area contributed by atoms with E-state index >= 15 is 0 Å². The Morgan fingerprint density at radius 1 is 1.19 bits per heavy atom. The number of piperidine rings is 1. The zero-order valence-corrected chi connectivity index (χ0v) is 20.0. The molecule has 2 aromatic rings. The van der Waals surface area contributed by atoms with Crippen molar-refractivity contribution in [3.8, 4) is 9.88 Å². The Bertz CT molecular complexity index is 1080. The molecule has 0 bridgehead atoms. The quantitative estimate of drug-likeness (QED) is 0.646. The first kappa shape index (κ1) is 22.6. The molecule has 31 heavy (non-hydrogen) atoms. The molecule has 0 aliphatic carbocycles.